The second kappa shape index (κ2) is 4.17. The van der Waals surface area contributed by atoms with Crippen molar-refractivity contribution in [3.63, 3.8) is 0 Å². The van der Waals surface area contributed by atoms with Gasteiger partial charge in [0.25, 0.3) is 0 Å². The minimum Gasteiger partial charge on any atom is -0.382 e. The van der Waals surface area contributed by atoms with E-state index in [-0.39, 0.29) is 11.2 Å². The lowest BCUT2D eigenvalue weighted by Crippen LogP contribution is -2.51. The summed E-state index contributed by atoms with van der Waals surface area (Å²) in [5.41, 5.74) is -1.17. The van der Waals surface area contributed by atoms with E-state index >= 15 is 0 Å². The third-order valence-corrected chi connectivity index (χ3v) is 4.62. The third kappa shape index (κ3) is 1.89. The molecule has 2 aliphatic rings. The normalized spacial score (nSPS) is 34.9. The Hall–Kier alpha value is 0.110. The molecule has 1 atom stereocenters. The second-order valence-electron chi connectivity index (χ2n) is 5.14. The molecule has 0 saturated heterocycles. The molecule has 2 nitrogen and oxygen atoms in total. The summed E-state index contributed by atoms with van der Waals surface area (Å²) in [7, 11) is 0. The van der Waals surface area contributed by atoms with Crippen molar-refractivity contribution in [3.8, 4) is 0 Å². The lowest BCUT2D eigenvalue weighted by Gasteiger charge is -2.41. The summed E-state index contributed by atoms with van der Waals surface area (Å²) in [4.78, 5) is 12.4. The molecule has 0 bridgehead atoms. The first kappa shape index (κ1) is 11.6. The van der Waals surface area contributed by atoms with Crippen molar-refractivity contribution in [1.82, 2.24) is 0 Å². The first-order chi connectivity index (χ1) is 7.13. The van der Waals surface area contributed by atoms with Gasteiger partial charge >= 0.3 is 0 Å². The molecule has 2 rings (SSSR count). The number of halogens is 1. The number of carbonyl (C=O) groups is 1. The van der Waals surface area contributed by atoms with Crippen LogP contribution < -0.4 is 0 Å². The maximum atomic E-state index is 12.4. The molecule has 1 N–H and O–H groups in total. The summed E-state index contributed by atoms with van der Waals surface area (Å²) in [5.74, 6) is 0.151. The third-order valence-electron chi connectivity index (χ3n) is 4.22. The van der Waals surface area contributed by atoms with E-state index in [2.05, 4.69) is 15.9 Å². The Bertz CT molecular complexity index is 254. The zero-order valence-corrected chi connectivity index (χ0v) is 10.7. The van der Waals surface area contributed by atoms with Crippen LogP contribution in [0.15, 0.2) is 0 Å². The molecule has 0 aliphatic heterocycles. The van der Waals surface area contributed by atoms with Gasteiger partial charge in [-0.15, -0.1) is 0 Å². The Morgan fingerprint density at radius 2 is 1.73 bits per heavy atom. The monoisotopic (exact) mass is 274 g/mol. The van der Waals surface area contributed by atoms with Gasteiger partial charge in [-0.25, -0.2) is 0 Å². The summed E-state index contributed by atoms with van der Waals surface area (Å²) >= 11 is 3.33. The summed E-state index contributed by atoms with van der Waals surface area (Å²) < 4.78 is 0. The zero-order valence-electron chi connectivity index (χ0n) is 9.10. The van der Waals surface area contributed by atoms with Gasteiger partial charge in [-0.2, -0.15) is 0 Å². The maximum Gasteiger partial charge on any atom is 0.170 e. The number of rotatable bonds is 2. The number of ketones is 1. The van der Waals surface area contributed by atoms with Gasteiger partial charge in [0.05, 0.1) is 0 Å². The Balaban J connectivity index is 2.19. The van der Waals surface area contributed by atoms with Gasteiger partial charge in [0.15, 0.2) is 5.78 Å². The molecule has 15 heavy (non-hydrogen) atoms. The molecule has 1 unspecified atom stereocenters. The van der Waals surface area contributed by atoms with Gasteiger partial charge in [-0.3, -0.25) is 4.79 Å². The van der Waals surface area contributed by atoms with E-state index < -0.39 is 5.60 Å². The van der Waals surface area contributed by atoms with Gasteiger partial charge < -0.3 is 5.11 Å². The Morgan fingerprint density at radius 3 is 2.33 bits per heavy atom. The maximum absolute atomic E-state index is 12.4. The number of aliphatic hydroxyl groups is 1. The Morgan fingerprint density at radius 1 is 1.13 bits per heavy atom. The fraction of sp³-hybridized carbons (Fsp3) is 0.917. The number of hydrogen-bond acceptors (Lipinski definition) is 2. The van der Waals surface area contributed by atoms with Crippen LogP contribution in [0.5, 0.6) is 0 Å². The summed E-state index contributed by atoms with van der Waals surface area (Å²) in [5, 5.41) is 11.1. The molecule has 3 heteroatoms. The molecule has 0 aromatic heterocycles. The fourth-order valence-electron chi connectivity index (χ4n) is 3.36. The van der Waals surface area contributed by atoms with Gasteiger partial charge in [-0.05, 0) is 38.5 Å². The number of carbonyl (C=O) groups excluding carboxylic acids is 1. The van der Waals surface area contributed by atoms with E-state index in [1.54, 1.807) is 0 Å². The first-order valence-electron chi connectivity index (χ1n) is 5.96. The standard InChI is InChI=1S/C12H19BrO2/c13-9-8-12(15)7-3-6-11(10(12)14)4-1-2-5-11/h15H,1-9H2. The van der Waals surface area contributed by atoms with Crippen molar-refractivity contribution in [2.75, 3.05) is 5.33 Å². The van der Waals surface area contributed by atoms with Gasteiger partial charge in [-0.1, -0.05) is 28.8 Å². The van der Waals surface area contributed by atoms with Gasteiger partial charge in [0, 0.05) is 10.7 Å². The summed E-state index contributed by atoms with van der Waals surface area (Å²) in [6.45, 7) is 0. The van der Waals surface area contributed by atoms with Crippen LogP contribution in [-0.2, 0) is 4.79 Å². The SMILES string of the molecule is O=C1C(O)(CCBr)CCCC12CCCC2. The highest BCUT2D eigenvalue weighted by atomic mass is 79.9. The smallest absolute Gasteiger partial charge is 0.170 e. The minimum absolute atomic E-state index is 0.144. The van der Waals surface area contributed by atoms with Crippen LogP contribution >= 0.6 is 15.9 Å². The quantitative estimate of drug-likeness (QED) is 0.787. The molecule has 2 fully saturated rings. The van der Waals surface area contributed by atoms with Crippen molar-refractivity contribution >= 4 is 21.7 Å². The van der Waals surface area contributed by atoms with Gasteiger partial charge in [0.1, 0.15) is 5.60 Å². The van der Waals surface area contributed by atoms with Crippen LogP contribution in [0.3, 0.4) is 0 Å². The lowest BCUT2D eigenvalue weighted by molar-refractivity contribution is -0.154. The molecule has 2 saturated carbocycles. The molecule has 0 amide bonds. The predicted octanol–water partition coefficient (Wildman–Crippen LogP) is 2.82. The lowest BCUT2D eigenvalue weighted by atomic mass is 9.64. The molecule has 0 aromatic rings. The van der Waals surface area contributed by atoms with E-state index in [1.165, 1.54) is 0 Å². The van der Waals surface area contributed by atoms with Crippen LogP contribution in [0.25, 0.3) is 0 Å². The first-order valence-corrected chi connectivity index (χ1v) is 7.08. The van der Waals surface area contributed by atoms with E-state index in [0.717, 1.165) is 38.5 Å². The molecular weight excluding hydrogens is 256 g/mol. The van der Waals surface area contributed by atoms with E-state index in [1.807, 2.05) is 0 Å². The molecule has 2 aliphatic carbocycles. The van der Waals surface area contributed by atoms with E-state index in [4.69, 9.17) is 0 Å². The van der Waals surface area contributed by atoms with Crippen molar-refractivity contribution in [2.45, 2.75) is 57.0 Å². The van der Waals surface area contributed by atoms with Crippen molar-refractivity contribution < 1.29 is 9.90 Å². The second-order valence-corrected chi connectivity index (χ2v) is 5.93. The zero-order chi connectivity index (χ0) is 10.9. The highest BCUT2D eigenvalue weighted by molar-refractivity contribution is 9.09. The van der Waals surface area contributed by atoms with Crippen LogP contribution in [0, 0.1) is 5.41 Å². The number of alkyl halides is 1. The largest absolute Gasteiger partial charge is 0.382 e. The molecule has 0 heterocycles. The highest BCUT2D eigenvalue weighted by Crippen LogP contribution is 2.50. The van der Waals surface area contributed by atoms with Crippen molar-refractivity contribution in [2.24, 2.45) is 5.41 Å². The highest BCUT2D eigenvalue weighted by Gasteiger charge is 2.52. The Kier molecular flexibility index (Phi) is 3.22. The molecule has 86 valence electrons. The van der Waals surface area contributed by atoms with Crippen molar-refractivity contribution in [3.05, 3.63) is 0 Å². The van der Waals surface area contributed by atoms with E-state index in [0.29, 0.717) is 18.2 Å². The average molecular weight is 275 g/mol. The topological polar surface area (TPSA) is 37.3 Å². The molecule has 0 radical (unpaired) electrons. The minimum atomic E-state index is -1.02. The van der Waals surface area contributed by atoms with Crippen LogP contribution in [0.1, 0.15) is 51.4 Å². The van der Waals surface area contributed by atoms with Crippen molar-refractivity contribution in [1.29, 1.82) is 0 Å². The number of Topliss-reactive ketones (excluding diaryl/α,β-unsaturated/α-hetero) is 1. The Labute approximate surface area is 99.6 Å². The average Bonchev–Trinajstić information content (AvgIpc) is 2.65. The predicted molar refractivity (Wildman–Crippen MR) is 63.1 cm³/mol. The molecule has 1 spiro atoms. The van der Waals surface area contributed by atoms with Crippen LogP contribution in [0.4, 0.5) is 0 Å². The number of hydrogen-bond donors (Lipinski definition) is 1. The van der Waals surface area contributed by atoms with Crippen LogP contribution in [0.2, 0.25) is 0 Å². The fourth-order valence-corrected chi connectivity index (χ4v) is 4.02. The summed E-state index contributed by atoms with van der Waals surface area (Å²) in [6, 6.07) is 0. The molecule has 0 aromatic carbocycles. The summed E-state index contributed by atoms with van der Waals surface area (Å²) in [6.07, 6.45) is 7.61. The molecular formula is C12H19BrO2. The van der Waals surface area contributed by atoms with Crippen LogP contribution in [-0.4, -0.2) is 21.8 Å². The van der Waals surface area contributed by atoms with Gasteiger partial charge in [0.2, 0.25) is 0 Å². The van der Waals surface area contributed by atoms with E-state index in [9.17, 15) is 9.90 Å².